The number of carbonyl (C=O) groups excluding carboxylic acids is 2. The molecule has 2 aromatic rings. The molecule has 0 spiro atoms. The highest BCUT2D eigenvalue weighted by Gasteiger charge is 2.43. The first-order chi connectivity index (χ1) is 20.8. The van der Waals surface area contributed by atoms with Crippen LogP contribution >= 0.6 is 0 Å². The maximum atomic E-state index is 11.5. The zero-order valence-corrected chi connectivity index (χ0v) is 30.3. The van der Waals surface area contributed by atoms with Crippen LogP contribution in [0.3, 0.4) is 0 Å². The lowest BCUT2D eigenvalue weighted by Crippen LogP contribution is -2.55. The number of hydrogen-bond donors (Lipinski definition) is 0. The fourth-order valence-electron chi connectivity index (χ4n) is 5.17. The van der Waals surface area contributed by atoms with Gasteiger partial charge in [-0.25, -0.2) is 9.59 Å². The van der Waals surface area contributed by atoms with Crippen LogP contribution in [0.15, 0.2) is 73.8 Å². The Morgan fingerprint density at radius 1 is 0.705 bits per heavy atom. The van der Waals surface area contributed by atoms with Crippen molar-refractivity contribution in [1.82, 2.24) is 0 Å². The van der Waals surface area contributed by atoms with Gasteiger partial charge in [0.1, 0.15) is 13.2 Å². The highest BCUT2D eigenvalue weighted by molar-refractivity contribution is 6.88. The van der Waals surface area contributed by atoms with Gasteiger partial charge in [0.15, 0.2) is 16.6 Å². The molecule has 2 rings (SSSR count). The second-order valence-corrected chi connectivity index (χ2v) is 24.3. The van der Waals surface area contributed by atoms with E-state index in [1.165, 1.54) is 12.2 Å². The van der Waals surface area contributed by atoms with Crippen molar-refractivity contribution in [2.24, 2.45) is 0 Å². The normalized spacial score (nSPS) is 12.0. The molecule has 0 radical (unpaired) electrons. The predicted octanol–water partition coefficient (Wildman–Crippen LogP) is 6.58. The largest absolute Gasteiger partial charge is 0.458 e. The summed E-state index contributed by atoms with van der Waals surface area (Å²) in [5.41, 5.74) is 4.17. The lowest BCUT2D eigenvalue weighted by Gasteiger charge is -2.41. The van der Waals surface area contributed by atoms with Gasteiger partial charge in [-0.15, -0.1) is 0 Å². The topological polar surface area (TPSA) is 89.5 Å². The van der Waals surface area contributed by atoms with Crippen LogP contribution in [0.1, 0.15) is 28.7 Å². The predicted molar refractivity (Wildman–Crippen MR) is 181 cm³/mol. The van der Waals surface area contributed by atoms with Crippen molar-refractivity contribution < 1.29 is 36.8 Å². The fourth-order valence-corrected chi connectivity index (χ4v) is 19.7. The molecule has 0 heterocycles. The summed E-state index contributed by atoms with van der Waals surface area (Å²) < 4.78 is 35.6. The minimum absolute atomic E-state index is 0.206. The average molecular weight is 659 g/mol. The highest BCUT2D eigenvalue weighted by Crippen LogP contribution is 2.29. The maximum Gasteiger partial charge on any atom is 0.330 e. The smallest absolute Gasteiger partial charge is 0.330 e. The molecule has 2 aromatic carbocycles. The minimum Gasteiger partial charge on any atom is -0.458 e. The Morgan fingerprint density at radius 3 is 1.59 bits per heavy atom. The summed E-state index contributed by atoms with van der Waals surface area (Å²) in [6.45, 7) is 20.2. The molecule has 242 valence electrons. The first-order valence-corrected chi connectivity index (χ1v) is 23.8. The number of methoxy groups -OCH3 is 1. The van der Waals surface area contributed by atoms with E-state index < -0.39 is 37.1 Å². The molecule has 8 nitrogen and oxygen atoms in total. The molecular formula is C33H50O8Si3. The van der Waals surface area contributed by atoms with E-state index in [1.807, 2.05) is 24.3 Å². The minimum atomic E-state index is -2.64. The van der Waals surface area contributed by atoms with Crippen LogP contribution in [0, 0.1) is 0 Å². The number of hydrogen-bond acceptors (Lipinski definition) is 8. The molecule has 0 bridgehead atoms. The second-order valence-electron chi connectivity index (χ2n) is 12.2. The number of rotatable bonds is 21. The van der Waals surface area contributed by atoms with Crippen molar-refractivity contribution in [3.63, 3.8) is 0 Å². The van der Waals surface area contributed by atoms with Gasteiger partial charge in [-0.05, 0) is 79.5 Å². The average Bonchev–Trinajstić information content (AvgIpc) is 2.95. The third-order valence-electron chi connectivity index (χ3n) is 6.67. The molecule has 0 saturated heterocycles. The molecule has 0 aromatic heterocycles. The van der Waals surface area contributed by atoms with Gasteiger partial charge in [-0.3, -0.25) is 0 Å². The second kappa shape index (κ2) is 18.4. The summed E-state index contributed by atoms with van der Waals surface area (Å²) in [7, 11) is -5.46. The Kier molecular flexibility index (Phi) is 15.7. The van der Waals surface area contributed by atoms with E-state index in [0.29, 0.717) is 19.8 Å². The number of benzene rings is 2. The first kappa shape index (κ1) is 37.5. The molecule has 0 fully saturated rings. The van der Waals surface area contributed by atoms with Gasteiger partial charge in [0, 0.05) is 25.9 Å². The number of ether oxygens (including phenoxy) is 4. The van der Waals surface area contributed by atoms with Crippen molar-refractivity contribution in [2.75, 3.05) is 26.9 Å². The molecule has 11 heteroatoms. The monoisotopic (exact) mass is 658 g/mol. The van der Waals surface area contributed by atoms with Gasteiger partial charge in [-0.2, -0.15) is 0 Å². The van der Waals surface area contributed by atoms with Crippen LogP contribution in [-0.2, 0) is 62.1 Å². The maximum absolute atomic E-state index is 11.5. The van der Waals surface area contributed by atoms with Crippen molar-refractivity contribution in [3.8, 4) is 0 Å². The summed E-state index contributed by atoms with van der Waals surface area (Å²) >= 11 is 0. The lowest BCUT2D eigenvalue weighted by molar-refractivity contribution is -0.139. The van der Waals surface area contributed by atoms with Gasteiger partial charge in [0.05, 0.1) is 13.2 Å². The molecule has 0 aliphatic heterocycles. The van der Waals surface area contributed by atoms with Crippen molar-refractivity contribution in [1.29, 1.82) is 0 Å². The van der Waals surface area contributed by atoms with Crippen LogP contribution in [0.25, 0.3) is 0 Å². The Balaban J connectivity index is 2.17. The van der Waals surface area contributed by atoms with Gasteiger partial charge in [-0.1, -0.05) is 61.7 Å². The summed E-state index contributed by atoms with van der Waals surface area (Å²) in [6, 6.07) is 18.7. The third kappa shape index (κ3) is 14.9. The first-order valence-electron chi connectivity index (χ1n) is 15.0. The molecule has 0 amide bonds. The summed E-state index contributed by atoms with van der Waals surface area (Å²) in [5, 5.41) is 0. The van der Waals surface area contributed by atoms with Crippen LogP contribution in [0.5, 0.6) is 0 Å². The van der Waals surface area contributed by atoms with Crippen molar-refractivity contribution in [2.45, 2.75) is 70.5 Å². The van der Waals surface area contributed by atoms with Crippen LogP contribution in [0.2, 0.25) is 38.8 Å². The molecular weight excluding hydrogens is 609 g/mol. The molecule has 0 unspecified atom stereocenters. The quantitative estimate of drug-likeness (QED) is 0.0644. The molecule has 44 heavy (non-hydrogen) atoms. The van der Waals surface area contributed by atoms with Crippen LogP contribution in [0.4, 0.5) is 0 Å². The standard InChI is InChI=1S/C33H50O8Si3/c1-9-32(34)38-24-28-14-11-16-30(22-28)26-42(4,5)40-44(8,21-13-18-37-20-19-36-3)41-43(6,7)27-31-17-12-15-29(23-31)25-39-33(35)10-2/h9-12,14-17,22-23H,1-2,13,18-21,24-27H2,3-8H3. The number of esters is 2. The molecule has 0 N–H and O–H groups in total. The van der Waals surface area contributed by atoms with E-state index in [-0.39, 0.29) is 13.2 Å². The Hall–Kier alpha value is -2.65. The Labute approximate surface area is 266 Å². The van der Waals surface area contributed by atoms with Gasteiger partial charge < -0.3 is 27.2 Å². The van der Waals surface area contributed by atoms with E-state index in [4.69, 9.17) is 27.2 Å². The van der Waals surface area contributed by atoms with Crippen molar-refractivity contribution >= 4 is 37.1 Å². The van der Waals surface area contributed by atoms with Crippen LogP contribution < -0.4 is 0 Å². The SMILES string of the molecule is C=CC(=O)OCc1cccc(C[Si](C)(C)O[Si](C)(CCCOCCOC)O[Si](C)(C)Cc2cccc(COC(=O)C=C)c2)c1. The van der Waals surface area contributed by atoms with E-state index >= 15 is 0 Å². The van der Waals surface area contributed by atoms with E-state index in [9.17, 15) is 9.59 Å². The molecule has 0 aliphatic rings. The highest BCUT2D eigenvalue weighted by atomic mass is 28.5. The summed E-state index contributed by atoms with van der Waals surface area (Å²) in [5.74, 6) is -0.874. The van der Waals surface area contributed by atoms with E-state index in [2.05, 4.69) is 70.2 Å². The molecule has 0 aliphatic carbocycles. The van der Waals surface area contributed by atoms with E-state index in [1.54, 1.807) is 7.11 Å². The molecule has 0 saturated carbocycles. The molecule has 0 atom stereocenters. The zero-order chi connectivity index (χ0) is 32.6. The Morgan fingerprint density at radius 2 is 1.16 bits per heavy atom. The van der Waals surface area contributed by atoms with Gasteiger partial charge in [0.2, 0.25) is 0 Å². The fraction of sp³-hybridized carbons (Fsp3) is 0.455. The lowest BCUT2D eigenvalue weighted by atomic mass is 10.1. The van der Waals surface area contributed by atoms with Crippen LogP contribution in [-0.4, -0.2) is 64.1 Å². The van der Waals surface area contributed by atoms with E-state index in [0.717, 1.165) is 46.8 Å². The number of carbonyl (C=O) groups is 2. The Bertz CT molecular complexity index is 1150. The van der Waals surface area contributed by atoms with Crippen molar-refractivity contribution in [3.05, 3.63) is 96.1 Å². The summed E-state index contributed by atoms with van der Waals surface area (Å²) in [4.78, 5) is 23.1. The van der Waals surface area contributed by atoms with Gasteiger partial charge in [0.25, 0.3) is 0 Å². The summed E-state index contributed by atoms with van der Waals surface area (Å²) in [6.07, 6.45) is 3.18. The zero-order valence-electron chi connectivity index (χ0n) is 27.3. The third-order valence-corrected chi connectivity index (χ3v) is 18.3. The van der Waals surface area contributed by atoms with Gasteiger partial charge >= 0.3 is 20.5 Å².